The van der Waals surface area contributed by atoms with Gasteiger partial charge < -0.3 is 9.47 Å². The molecule has 0 bridgehead atoms. The molecule has 0 unspecified atom stereocenters. The number of amides is 1. The summed E-state index contributed by atoms with van der Waals surface area (Å²) in [6, 6.07) is 14.9. The minimum absolute atomic E-state index is 0.0722. The third-order valence-electron chi connectivity index (χ3n) is 4.61. The van der Waals surface area contributed by atoms with Crippen LogP contribution in [0, 0.1) is 19.7 Å². The van der Waals surface area contributed by atoms with E-state index in [1.807, 2.05) is 32.0 Å². The SMILES string of the molecule is COc1ccc(C=NNC(=O)c2ccccc2F)cc1COc1cc(C)c(Cl)c(C)c1. The molecule has 1 N–H and O–H groups in total. The number of aryl methyl sites for hydroxylation is 2. The van der Waals surface area contributed by atoms with Gasteiger partial charge >= 0.3 is 0 Å². The quantitative estimate of drug-likeness (QED) is 0.392. The fourth-order valence-corrected chi connectivity index (χ4v) is 3.12. The first-order valence-corrected chi connectivity index (χ1v) is 9.91. The normalized spacial score (nSPS) is 10.9. The van der Waals surface area contributed by atoms with Gasteiger partial charge in [-0.25, -0.2) is 9.82 Å². The van der Waals surface area contributed by atoms with Crippen LogP contribution in [0.25, 0.3) is 0 Å². The zero-order valence-corrected chi connectivity index (χ0v) is 18.2. The van der Waals surface area contributed by atoms with Crippen LogP contribution in [0.4, 0.5) is 4.39 Å². The van der Waals surface area contributed by atoms with Crippen molar-refractivity contribution in [1.29, 1.82) is 0 Å². The number of halogens is 2. The molecule has 1 amide bonds. The van der Waals surface area contributed by atoms with E-state index in [0.29, 0.717) is 11.5 Å². The maximum atomic E-state index is 13.7. The molecule has 7 heteroatoms. The zero-order valence-electron chi connectivity index (χ0n) is 17.4. The van der Waals surface area contributed by atoms with Crippen molar-refractivity contribution >= 4 is 23.7 Å². The van der Waals surface area contributed by atoms with Gasteiger partial charge in [-0.3, -0.25) is 4.79 Å². The van der Waals surface area contributed by atoms with Gasteiger partial charge in [-0.15, -0.1) is 0 Å². The Kier molecular flexibility index (Phi) is 7.26. The van der Waals surface area contributed by atoms with E-state index < -0.39 is 11.7 Å². The number of hydrogen-bond acceptors (Lipinski definition) is 4. The van der Waals surface area contributed by atoms with Crippen molar-refractivity contribution < 1.29 is 18.7 Å². The van der Waals surface area contributed by atoms with Crippen molar-refractivity contribution in [2.75, 3.05) is 7.11 Å². The lowest BCUT2D eigenvalue weighted by molar-refractivity contribution is 0.0951. The molecular weight excluding hydrogens is 419 g/mol. The predicted octanol–water partition coefficient (Wildman–Crippen LogP) is 5.45. The fraction of sp³-hybridized carbons (Fsp3) is 0.167. The maximum absolute atomic E-state index is 13.7. The van der Waals surface area contributed by atoms with Gasteiger partial charge in [0.05, 0.1) is 18.9 Å². The number of rotatable bonds is 7. The predicted molar refractivity (Wildman–Crippen MR) is 120 cm³/mol. The highest BCUT2D eigenvalue weighted by molar-refractivity contribution is 6.32. The number of benzene rings is 3. The standard InChI is InChI=1S/C24H22ClFN2O3/c1-15-10-19(11-16(2)23(15)25)31-14-18-12-17(8-9-22(18)30-3)13-27-28-24(29)20-6-4-5-7-21(20)26/h4-13H,14H2,1-3H3,(H,28,29). The lowest BCUT2D eigenvalue weighted by atomic mass is 10.1. The maximum Gasteiger partial charge on any atom is 0.274 e. The van der Waals surface area contributed by atoms with E-state index in [-0.39, 0.29) is 12.2 Å². The van der Waals surface area contributed by atoms with E-state index in [0.717, 1.165) is 27.3 Å². The molecule has 0 aliphatic carbocycles. The largest absolute Gasteiger partial charge is 0.496 e. The van der Waals surface area contributed by atoms with Gasteiger partial charge in [0.1, 0.15) is 23.9 Å². The van der Waals surface area contributed by atoms with E-state index in [9.17, 15) is 9.18 Å². The summed E-state index contributed by atoms with van der Waals surface area (Å²) in [7, 11) is 1.58. The van der Waals surface area contributed by atoms with Gasteiger partial charge in [0.15, 0.2) is 0 Å². The molecule has 3 aromatic rings. The minimum atomic E-state index is -0.625. The molecule has 31 heavy (non-hydrogen) atoms. The Balaban J connectivity index is 1.71. The van der Waals surface area contributed by atoms with Crippen LogP contribution in [0.1, 0.15) is 32.6 Å². The second-order valence-electron chi connectivity index (χ2n) is 6.91. The Labute approximate surface area is 185 Å². The number of carbonyl (C=O) groups is 1. The first-order valence-electron chi connectivity index (χ1n) is 9.53. The summed E-state index contributed by atoms with van der Waals surface area (Å²) in [5.74, 6) is 0.138. The molecule has 160 valence electrons. The van der Waals surface area contributed by atoms with Crippen LogP contribution in [-0.2, 0) is 6.61 Å². The Morgan fingerprint density at radius 1 is 1.13 bits per heavy atom. The van der Waals surface area contributed by atoms with Crippen LogP contribution >= 0.6 is 11.6 Å². The van der Waals surface area contributed by atoms with E-state index in [2.05, 4.69) is 10.5 Å². The summed E-state index contributed by atoms with van der Waals surface area (Å²) in [4.78, 5) is 12.0. The third kappa shape index (κ3) is 5.61. The summed E-state index contributed by atoms with van der Waals surface area (Å²) in [6.45, 7) is 4.12. The van der Waals surface area contributed by atoms with Crippen LogP contribution in [-0.4, -0.2) is 19.2 Å². The molecule has 0 fully saturated rings. The molecule has 0 heterocycles. The van der Waals surface area contributed by atoms with Crippen LogP contribution in [0.15, 0.2) is 59.7 Å². The molecule has 3 rings (SSSR count). The molecule has 0 atom stereocenters. The third-order valence-corrected chi connectivity index (χ3v) is 5.20. The second-order valence-corrected chi connectivity index (χ2v) is 7.29. The Bertz CT molecular complexity index is 1110. The molecule has 5 nitrogen and oxygen atoms in total. The van der Waals surface area contributed by atoms with Crippen LogP contribution in [0.2, 0.25) is 5.02 Å². The summed E-state index contributed by atoms with van der Waals surface area (Å²) in [5.41, 5.74) is 5.66. The van der Waals surface area contributed by atoms with Gasteiger partial charge in [-0.2, -0.15) is 5.10 Å². The van der Waals surface area contributed by atoms with Gasteiger partial charge in [0, 0.05) is 10.6 Å². The van der Waals surface area contributed by atoms with E-state index in [1.54, 1.807) is 25.3 Å². The molecule has 0 spiro atoms. The summed E-state index contributed by atoms with van der Waals surface area (Å²) >= 11 is 6.21. The van der Waals surface area contributed by atoms with Crippen LogP contribution in [0.5, 0.6) is 11.5 Å². The number of ether oxygens (including phenoxy) is 2. The fourth-order valence-electron chi connectivity index (χ4n) is 3.01. The van der Waals surface area contributed by atoms with Crippen molar-refractivity contribution in [3.8, 4) is 11.5 Å². The number of hydrogen-bond donors (Lipinski definition) is 1. The number of nitrogens with one attached hydrogen (secondary N) is 1. The highest BCUT2D eigenvalue weighted by atomic mass is 35.5. The van der Waals surface area contributed by atoms with Crippen LogP contribution < -0.4 is 14.9 Å². The van der Waals surface area contributed by atoms with Crippen LogP contribution in [0.3, 0.4) is 0 Å². The average Bonchev–Trinajstić information content (AvgIpc) is 2.76. The van der Waals surface area contributed by atoms with Crippen molar-refractivity contribution in [2.45, 2.75) is 20.5 Å². The molecule has 0 radical (unpaired) electrons. The van der Waals surface area contributed by atoms with Crippen molar-refractivity contribution in [2.24, 2.45) is 5.10 Å². The Morgan fingerprint density at radius 2 is 1.84 bits per heavy atom. The van der Waals surface area contributed by atoms with Gasteiger partial charge in [0.25, 0.3) is 5.91 Å². The first-order chi connectivity index (χ1) is 14.9. The molecular formula is C24H22ClFN2O3. The number of carbonyl (C=O) groups excluding carboxylic acids is 1. The molecule has 0 aliphatic rings. The summed E-state index contributed by atoms with van der Waals surface area (Å²) in [5, 5.41) is 4.64. The number of nitrogens with zero attached hydrogens (tertiary/aromatic N) is 1. The van der Waals surface area contributed by atoms with Crippen molar-refractivity contribution in [1.82, 2.24) is 5.43 Å². The number of hydrazone groups is 1. The van der Waals surface area contributed by atoms with Gasteiger partial charge in [-0.05, 0) is 73.0 Å². The first kappa shape index (κ1) is 22.3. The average molecular weight is 441 g/mol. The molecule has 3 aromatic carbocycles. The Morgan fingerprint density at radius 3 is 2.52 bits per heavy atom. The smallest absolute Gasteiger partial charge is 0.274 e. The number of methoxy groups -OCH3 is 1. The van der Waals surface area contributed by atoms with Gasteiger partial charge in [-0.1, -0.05) is 23.7 Å². The lowest BCUT2D eigenvalue weighted by Crippen LogP contribution is -2.18. The topological polar surface area (TPSA) is 59.9 Å². The molecule has 0 saturated heterocycles. The summed E-state index contributed by atoms with van der Waals surface area (Å²) < 4.78 is 25.0. The zero-order chi connectivity index (χ0) is 22.4. The monoisotopic (exact) mass is 440 g/mol. The Hall–Kier alpha value is -3.38. The summed E-state index contributed by atoms with van der Waals surface area (Å²) in [6.07, 6.45) is 1.47. The highest BCUT2D eigenvalue weighted by Crippen LogP contribution is 2.27. The highest BCUT2D eigenvalue weighted by Gasteiger charge is 2.10. The van der Waals surface area contributed by atoms with E-state index >= 15 is 0 Å². The van der Waals surface area contributed by atoms with E-state index in [4.69, 9.17) is 21.1 Å². The van der Waals surface area contributed by atoms with E-state index in [1.165, 1.54) is 24.4 Å². The molecule has 0 aromatic heterocycles. The van der Waals surface area contributed by atoms with Gasteiger partial charge in [0.2, 0.25) is 0 Å². The lowest BCUT2D eigenvalue weighted by Gasteiger charge is -2.13. The minimum Gasteiger partial charge on any atom is -0.496 e. The molecule has 0 aliphatic heterocycles. The van der Waals surface area contributed by atoms with Crippen molar-refractivity contribution in [3.63, 3.8) is 0 Å². The van der Waals surface area contributed by atoms with Crippen molar-refractivity contribution in [3.05, 3.63) is 93.3 Å². The second kappa shape index (κ2) is 10.1. The molecule has 0 saturated carbocycles.